The number of alkyl halides is 3. The van der Waals surface area contributed by atoms with Gasteiger partial charge >= 0.3 is 6.18 Å². The van der Waals surface area contributed by atoms with E-state index in [0.29, 0.717) is 34.0 Å². The normalized spacial score (nSPS) is 16.5. The fraction of sp³-hybridized carbons (Fsp3) is 0.222. The van der Waals surface area contributed by atoms with Crippen LogP contribution in [0.15, 0.2) is 58.2 Å². The highest BCUT2D eigenvalue weighted by Crippen LogP contribution is 2.33. The van der Waals surface area contributed by atoms with Gasteiger partial charge in [-0.2, -0.15) is 13.2 Å². The summed E-state index contributed by atoms with van der Waals surface area (Å²) in [6.07, 6.45) is -4.36. The number of para-hydroxylation sites is 1. The molecule has 1 unspecified atom stereocenters. The summed E-state index contributed by atoms with van der Waals surface area (Å²) >= 11 is 1.30. The van der Waals surface area contributed by atoms with Crippen LogP contribution in [0.5, 0.6) is 0 Å². The average molecular weight is 377 g/mol. The molecule has 4 nitrogen and oxygen atoms in total. The third-order valence-corrected chi connectivity index (χ3v) is 5.41. The van der Waals surface area contributed by atoms with E-state index in [2.05, 4.69) is 10.3 Å². The summed E-state index contributed by atoms with van der Waals surface area (Å²) in [4.78, 5) is 17.7. The van der Waals surface area contributed by atoms with E-state index < -0.39 is 11.7 Å². The maximum absolute atomic E-state index is 12.8. The van der Waals surface area contributed by atoms with Gasteiger partial charge in [0.25, 0.3) is 5.56 Å². The molecular formula is C18H14F3N3OS. The van der Waals surface area contributed by atoms with E-state index in [0.717, 1.165) is 12.1 Å². The van der Waals surface area contributed by atoms with Gasteiger partial charge in [0.15, 0.2) is 0 Å². The summed E-state index contributed by atoms with van der Waals surface area (Å²) in [5, 5.41) is 3.65. The number of anilines is 1. The number of benzene rings is 2. The number of aromatic nitrogens is 2. The van der Waals surface area contributed by atoms with Crippen LogP contribution < -0.4 is 10.9 Å². The molecule has 134 valence electrons. The lowest BCUT2D eigenvalue weighted by Gasteiger charge is -2.13. The molecule has 1 N–H and O–H groups in total. The highest BCUT2D eigenvalue weighted by atomic mass is 32.2. The quantitative estimate of drug-likeness (QED) is 0.696. The number of nitrogens with zero attached hydrogens (tertiary/aromatic N) is 2. The van der Waals surface area contributed by atoms with E-state index >= 15 is 0 Å². The van der Waals surface area contributed by atoms with Crippen LogP contribution in [-0.2, 0) is 6.18 Å². The Hall–Kier alpha value is -2.48. The molecule has 1 aliphatic heterocycles. The molecular weight excluding hydrogens is 363 g/mol. The maximum Gasteiger partial charge on any atom is 0.416 e. The minimum atomic E-state index is -4.36. The largest absolute Gasteiger partial charge is 0.416 e. The van der Waals surface area contributed by atoms with Gasteiger partial charge in [-0.1, -0.05) is 18.2 Å². The fourth-order valence-electron chi connectivity index (χ4n) is 3.00. The molecule has 2 aromatic carbocycles. The third-order valence-electron chi connectivity index (χ3n) is 4.27. The van der Waals surface area contributed by atoms with Crippen LogP contribution >= 0.6 is 11.8 Å². The van der Waals surface area contributed by atoms with Crippen molar-refractivity contribution in [2.75, 3.05) is 17.6 Å². The fourth-order valence-corrected chi connectivity index (χ4v) is 4.03. The van der Waals surface area contributed by atoms with Crippen LogP contribution in [0.2, 0.25) is 0 Å². The molecule has 1 atom stereocenters. The number of hydrogen-bond donors (Lipinski definition) is 1. The molecule has 3 aromatic rings. The molecule has 0 amide bonds. The molecule has 26 heavy (non-hydrogen) atoms. The number of thioether (sulfide) groups is 1. The lowest BCUT2D eigenvalue weighted by atomic mass is 10.2. The predicted molar refractivity (Wildman–Crippen MR) is 95.7 cm³/mol. The summed E-state index contributed by atoms with van der Waals surface area (Å²) in [6.45, 7) is 0.518. The SMILES string of the molecule is O=c1c2ccccc2nc2n1C(CSc1cccc(C(F)(F)F)c1)CN2. The number of halogens is 3. The first-order valence-corrected chi connectivity index (χ1v) is 8.97. The Morgan fingerprint density at radius 2 is 2.00 bits per heavy atom. The predicted octanol–water partition coefficient (Wildman–Crippen LogP) is 4.17. The first-order chi connectivity index (χ1) is 12.4. The minimum absolute atomic E-state index is 0.134. The van der Waals surface area contributed by atoms with E-state index in [1.54, 1.807) is 28.8 Å². The van der Waals surface area contributed by atoms with Crippen LogP contribution in [0.1, 0.15) is 11.6 Å². The first-order valence-electron chi connectivity index (χ1n) is 7.99. The second-order valence-electron chi connectivity index (χ2n) is 6.00. The van der Waals surface area contributed by atoms with E-state index in [9.17, 15) is 18.0 Å². The molecule has 0 bridgehead atoms. The Bertz CT molecular complexity index is 1030. The van der Waals surface area contributed by atoms with Gasteiger partial charge in [0.2, 0.25) is 5.95 Å². The molecule has 0 saturated heterocycles. The highest BCUT2D eigenvalue weighted by molar-refractivity contribution is 7.99. The summed E-state index contributed by atoms with van der Waals surface area (Å²) in [5.41, 5.74) is -0.176. The van der Waals surface area contributed by atoms with Crippen molar-refractivity contribution in [2.45, 2.75) is 17.1 Å². The molecule has 2 heterocycles. The van der Waals surface area contributed by atoms with Crippen molar-refractivity contribution < 1.29 is 13.2 Å². The zero-order valence-electron chi connectivity index (χ0n) is 13.5. The van der Waals surface area contributed by atoms with Gasteiger partial charge < -0.3 is 5.32 Å². The summed E-state index contributed by atoms with van der Waals surface area (Å²) < 4.78 is 40.1. The van der Waals surface area contributed by atoms with Crippen LogP contribution in [0, 0.1) is 0 Å². The van der Waals surface area contributed by atoms with Gasteiger partial charge in [-0.15, -0.1) is 11.8 Å². The van der Waals surface area contributed by atoms with E-state index in [-0.39, 0.29) is 11.6 Å². The summed E-state index contributed by atoms with van der Waals surface area (Å²) in [5.74, 6) is 0.977. The van der Waals surface area contributed by atoms with Crippen molar-refractivity contribution in [1.29, 1.82) is 0 Å². The van der Waals surface area contributed by atoms with Crippen LogP contribution in [0.4, 0.5) is 19.1 Å². The molecule has 0 spiro atoms. The Morgan fingerprint density at radius 3 is 2.81 bits per heavy atom. The molecule has 4 rings (SSSR count). The molecule has 0 aliphatic carbocycles. The zero-order chi connectivity index (χ0) is 18.3. The molecule has 1 aromatic heterocycles. The number of rotatable bonds is 3. The third kappa shape index (κ3) is 3.05. The lowest BCUT2D eigenvalue weighted by molar-refractivity contribution is -0.137. The monoisotopic (exact) mass is 377 g/mol. The average Bonchev–Trinajstić information content (AvgIpc) is 3.03. The molecule has 0 saturated carbocycles. The van der Waals surface area contributed by atoms with Gasteiger partial charge in [0, 0.05) is 17.2 Å². The zero-order valence-corrected chi connectivity index (χ0v) is 14.3. The van der Waals surface area contributed by atoms with Gasteiger partial charge in [-0.05, 0) is 30.3 Å². The second-order valence-corrected chi connectivity index (χ2v) is 7.09. The molecule has 8 heteroatoms. The number of fused-ring (bicyclic) bond motifs is 2. The Morgan fingerprint density at radius 1 is 1.19 bits per heavy atom. The van der Waals surface area contributed by atoms with Crippen molar-refractivity contribution >= 4 is 28.6 Å². The minimum Gasteiger partial charge on any atom is -0.353 e. The van der Waals surface area contributed by atoms with Crippen LogP contribution in [0.3, 0.4) is 0 Å². The molecule has 0 fully saturated rings. The van der Waals surface area contributed by atoms with Crippen molar-refractivity contribution in [3.05, 3.63) is 64.4 Å². The van der Waals surface area contributed by atoms with Crippen LogP contribution in [-0.4, -0.2) is 21.8 Å². The van der Waals surface area contributed by atoms with Crippen LogP contribution in [0.25, 0.3) is 10.9 Å². The van der Waals surface area contributed by atoms with Crippen molar-refractivity contribution in [3.63, 3.8) is 0 Å². The lowest BCUT2D eigenvalue weighted by Crippen LogP contribution is -2.24. The smallest absolute Gasteiger partial charge is 0.353 e. The number of nitrogens with one attached hydrogen (secondary N) is 1. The Balaban J connectivity index is 1.59. The first kappa shape index (κ1) is 17.0. The standard InChI is InChI=1S/C18H14F3N3OS/c19-18(20,21)11-4-3-5-13(8-11)26-10-12-9-22-17-23-15-7-2-1-6-14(15)16(25)24(12)17/h1-8,12H,9-10H2,(H,22,23). The van der Waals surface area contributed by atoms with Crippen molar-refractivity contribution in [1.82, 2.24) is 9.55 Å². The van der Waals surface area contributed by atoms with Gasteiger partial charge in [-0.25, -0.2) is 4.98 Å². The Labute approximate surface area is 151 Å². The molecule has 1 aliphatic rings. The summed E-state index contributed by atoms with van der Waals surface area (Å²) in [7, 11) is 0. The van der Waals surface area contributed by atoms with Crippen molar-refractivity contribution in [2.24, 2.45) is 0 Å². The highest BCUT2D eigenvalue weighted by Gasteiger charge is 2.31. The maximum atomic E-state index is 12.8. The Kier molecular flexibility index (Phi) is 4.14. The van der Waals surface area contributed by atoms with E-state index in [1.165, 1.54) is 17.8 Å². The van der Waals surface area contributed by atoms with E-state index in [1.807, 2.05) is 6.07 Å². The van der Waals surface area contributed by atoms with Gasteiger partial charge in [0.05, 0.1) is 22.5 Å². The number of hydrogen-bond acceptors (Lipinski definition) is 4. The van der Waals surface area contributed by atoms with E-state index in [4.69, 9.17) is 0 Å². The molecule has 0 radical (unpaired) electrons. The van der Waals surface area contributed by atoms with Gasteiger partial charge in [-0.3, -0.25) is 9.36 Å². The topological polar surface area (TPSA) is 46.9 Å². The summed E-state index contributed by atoms with van der Waals surface area (Å²) in [6, 6.07) is 12.2. The second kappa shape index (κ2) is 6.35. The van der Waals surface area contributed by atoms with Gasteiger partial charge in [0.1, 0.15) is 0 Å². The van der Waals surface area contributed by atoms with Crippen molar-refractivity contribution in [3.8, 4) is 0 Å².